The van der Waals surface area contributed by atoms with E-state index in [0.717, 1.165) is 20.9 Å². The van der Waals surface area contributed by atoms with E-state index in [1.165, 1.54) is 12.3 Å². The second-order valence-electron chi connectivity index (χ2n) is 9.71. The highest BCUT2D eigenvalue weighted by molar-refractivity contribution is 5.91. The summed E-state index contributed by atoms with van der Waals surface area (Å²) in [6.45, 7) is 3.22. The number of nitrogens with zero attached hydrogens (tertiary/aromatic N) is 2. The third-order valence-electron chi connectivity index (χ3n) is 6.76. The highest BCUT2D eigenvalue weighted by Gasteiger charge is 2.38. The van der Waals surface area contributed by atoms with Crippen LogP contribution in [0.15, 0.2) is 71.7 Å². The average Bonchev–Trinajstić information content (AvgIpc) is 3.23. The first kappa shape index (κ1) is 29.6. The van der Waals surface area contributed by atoms with E-state index in [-0.39, 0.29) is 30.7 Å². The van der Waals surface area contributed by atoms with Crippen molar-refractivity contribution in [3.8, 4) is 0 Å². The van der Waals surface area contributed by atoms with Gasteiger partial charge in [-0.3, -0.25) is 14.2 Å². The molecule has 2 heterocycles. The van der Waals surface area contributed by atoms with Crippen LogP contribution in [0.1, 0.15) is 24.6 Å². The molecule has 1 aromatic heterocycles. The van der Waals surface area contributed by atoms with Crippen molar-refractivity contribution in [1.29, 1.82) is 0 Å². The number of fused-ring (bicyclic) bond motifs is 1. The topological polar surface area (TPSA) is 206 Å². The molecule has 5 atom stereocenters. The number of aliphatic hydroxyl groups excluding tert-OH is 2. The Labute approximate surface area is 234 Å². The average molecular weight is 566 g/mol. The molecule has 1 fully saturated rings. The number of aromatic nitrogens is 2. The summed E-state index contributed by atoms with van der Waals surface area (Å²) in [6, 6.07) is 12.4. The zero-order valence-electron chi connectivity index (χ0n) is 22.0. The lowest BCUT2D eigenvalue weighted by molar-refractivity contribution is -0.142. The fourth-order valence-electron chi connectivity index (χ4n) is 4.49. The lowest BCUT2D eigenvalue weighted by Crippen LogP contribution is -2.49. The minimum Gasteiger partial charge on any atom is -0.480 e. The molecular formula is C28H31N5O8. The van der Waals surface area contributed by atoms with Gasteiger partial charge in [-0.05, 0) is 35.2 Å². The maximum atomic E-state index is 12.6. The van der Waals surface area contributed by atoms with E-state index in [1.807, 2.05) is 42.5 Å². The highest BCUT2D eigenvalue weighted by Crippen LogP contribution is 2.31. The number of nitrogens with one attached hydrogen (secondary N) is 2. The Morgan fingerprint density at radius 3 is 2.54 bits per heavy atom. The molecule has 1 aliphatic rings. The molecule has 1 aliphatic heterocycles. The van der Waals surface area contributed by atoms with Gasteiger partial charge in [0.15, 0.2) is 6.23 Å². The molecule has 216 valence electrons. The van der Waals surface area contributed by atoms with Gasteiger partial charge in [0.05, 0.1) is 12.6 Å². The van der Waals surface area contributed by atoms with E-state index in [9.17, 15) is 34.5 Å². The van der Waals surface area contributed by atoms with Gasteiger partial charge in [0, 0.05) is 18.2 Å². The van der Waals surface area contributed by atoms with Gasteiger partial charge >= 0.3 is 11.7 Å². The Bertz CT molecular complexity index is 1520. The molecule has 1 saturated heterocycles. The van der Waals surface area contributed by atoms with Crippen LogP contribution in [-0.4, -0.2) is 73.6 Å². The lowest BCUT2D eigenvalue weighted by Gasteiger charge is -2.18. The number of carbonyl (C=O) groups is 3. The van der Waals surface area contributed by atoms with E-state index >= 15 is 0 Å². The Hall–Kier alpha value is -4.43. The number of carboxylic acids is 1. The van der Waals surface area contributed by atoms with Gasteiger partial charge < -0.3 is 36.4 Å². The highest BCUT2D eigenvalue weighted by atomic mass is 16.5. The molecule has 0 spiro atoms. The van der Waals surface area contributed by atoms with E-state index in [0.29, 0.717) is 0 Å². The minimum absolute atomic E-state index is 0.0903. The monoisotopic (exact) mass is 565 g/mol. The Morgan fingerprint density at radius 1 is 1.15 bits per heavy atom. The second-order valence-corrected chi connectivity index (χ2v) is 9.71. The molecule has 13 nitrogen and oxygen atoms in total. The van der Waals surface area contributed by atoms with Gasteiger partial charge in [-0.15, -0.1) is 0 Å². The largest absolute Gasteiger partial charge is 0.480 e. The summed E-state index contributed by atoms with van der Waals surface area (Å²) in [7, 11) is 0. The van der Waals surface area contributed by atoms with Crippen molar-refractivity contribution in [1.82, 2.24) is 14.9 Å². The minimum atomic E-state index is -1.37. The molecule has 4 rings (SSSR count). The van der Waals surface area contributed by atoms with E-state index < -0.39 is 60.6 Å². The molecule has 7 N–H and O–H groups in total. The molecular weight excluding hydrogens is 534 g/mol. The van der Waals surface area contributed by atoms with Crippen LogP contribution >= 0.6 is 0 Å². The summed E-state index contributed by atoms with van der Waals surface area (Å²) in [5.41, 5.74) is 6.22. The molecule has 0 saturated carbocycles. The molecule has 3 aromatic rings. The SMILES string of the molecule is C=C1[C@H](n2ccc(NC(=O)CCC(NC(=O)[C@@H](N)Cc3ccc4ccccc4c3)C(=O)O)nc2=O)O[C@H](CO)[C@H]1O. The summed E-state index contributed by atoms with van der Waals surface area (Å²) in [6.07, 6.45) is -2.19. The molecule has 0 aliphatic carbocycles. The normalized spacial score (nSPS) is 20.0. The molecule has 0 bridgehead atoms. The molecule has 2 aromatic carbocycles. The molecule has 1 unspecified atom stereocenters. The third-order valence-corrected chi connectivity index (χ3v) is 6.76. The van der Waals surface area contributed by atoms with Crippen LogP contribution in [0.4, 0.5) is 5.82 Å². The fourth-order valence-corrected chi connectivity index (χ4v) is 4.49. The number of anilines is 1. The summed E-state index contributed by atoms with van der Waals surface area (Å²) in [4.78, 5) is 53.1. The molecule has 0 radical (unpaired) electrons. The Kier molecular flexibility index (Phi) is 9.24. The lowest BCUT2D eigenvalue weighted by atomic mass is 10.0. The van der Waals surface area contributed by atoms with Gasteiger partial charge in [0.25, 0.3) is 0 Å². The summed E-state index contributed by atoms with van der Waals surface area (Å²) in [5.74, 6) is -2.72. The number of carbonyl (C=O) groups excluding carboxylic acids is 2. The van der Waals surface area contributed by atoms with Crippen molar-refractivity contribution in [3.05, 3.63) is 82.9 Å². The first-order chi connectivity index (χ1) is 19.6. The van der Waals surface area contributed by atoms with Crippen LogP contribution in [0.2, 0.25) is 0 Å². The van der Waals surface area contributed by atoms with Crippen molar-refractivity contribution in [2.24, 2.45) is 5.73 Å². The van der Waals surface area contributed by atoms with Crippen molar-refractivity contribution in [2.45, 2.75) is 49.8 Å². The summed E-state index contributed by atoms with van der Waals surface area (Å²) < 4.78 is 6.50. The van der Waals surface area contributed by atoms with Gasteiger partial charge in [0.1, 0.15) is 24.1 Å². The number of aliphatic carboxylic acids is 1. The van der Waals surface area contributed by atoms with Crippen molar-refractivity contribution in [2.75, 3.05) is 11.9 Å². The van der Waals surface area contributed by atoms with Crippen LogP contribution in [0, 0.1) is 0 Å². The second kappa shape index (κ2) is 12.8. The predicted octanol–water partition coefficient (Wildman–Crippen LogP) is 0.0614. The zero-order chi connectivity index (χ0) is 29.7. The number of rotatable bonds is 11. The number of amides is 2. The number of hydrogen-bond acceptors (Lipinski definition) is 9. The van der Waals surface area contributed by atoms with Crippen molar-refractivity contribution >= 4 is 34.4 Å². The quantitative estimate of drug-likeness (QED) is 0.172. The number of aliphatic hydroxyl groups is 2. The number of hydrogen-bond donors (Lipinski definition) is 6. The van der Waals surface area contributed by atoms with Crippen LogP contribution in [-0.2, 0) is 25.5 Å². The van der Waals surface area contributed by atoms with Crippen LogP contribution in [0.3, 0.4) is 0 Å². The standard InChI is InChI=1S/C28H31N5O8/c1-15-24(36)21(14-34)41-26(15)33-11-10-22(32-28(33)40)31-23(35)9-8-20(27(38)39)30-25(37)19(29)13-16-6-7-17-4-2-3-5-18(17)12-16/h2-7,10-12,19-21,24,26,34,36H,1,8-9,13-14,29H2,(H,30,37)(H,38,39)(H,31,32,35,40)/t19-,20?,21+,24-,26+/m0/s1. The molecule has 2 amide bonds. The maximum absolute atomic E-state index is 12.6. The van der Waals surface area contributed by atoms with Gasteiger partial charge in [-0.1, -0.05) is 49.0 Å². The predicted molar refractivity (Wildman–Crippen MR) is 148 cm³/mol. The van der Waals surface area contributed by atoms with E-state index in [4.69, 9.17) is 10.5 Å². The molecule has 41 heavy (non-hydrogen) atoms. The van der Waals surface area contributed by atoms with Crippen molar-refractivity contribution in [3.63, 3.8) is 0 Å². The van der Waals surface area contributed by atoms with Crippen LogP contribution in [0.5, 0.6) is 0 Å². The zero-order valence-corrected chi connectivity index (χ0v) is 22.0. The van der Waals surface area contributed by atoms with Gasteiger partial charge in [0.2, 0.25) is 11.8 Å². The Morgan fingerprint density at radius 2 is 1.88 bits per heavy atom. The Balaban J connectivity index is 1.30. The van der Waals surface area contributed by atoms with Crippen molar-refractivity contribution < 1.29 is 34.4 Å². The molecule has 13 heteroatoms. The van der Waals surface area contributed by atoms with Crippen LogP contribution in [0.25, 0.3) is 10.8 Å². The fraction of sp³-hybridized carbons (Fsp3) is 0.321. The first-order valence-corrected chi connectivity index (χ1v) is 12.9. The number of benzene rings is 2. The first-order valence-electron chi connectivity index (χ1n) is 12.9. The van der Waals surface area contributed by atoms with Gasteiger partial charge in [-0.25, -0.2) is 9.59 Å². The van der Waals surface area contributed by atoms with Gasteiger partial charge in [-0.2, -0.15) is 4.98 Å². The third kappa shape index (κ3) is 7.02. The van der Waals surface area contributed by atoms with E-state index in [1.54, 1.807) is 0 Å². The van der Waals surface area contributed by atoms with Crippen LogP contribution < -0.4 is 22.1 Å². The number of ether oxygens (including phenoxy) is 1. The van der Waals surface area contributed by atoms with E-state index in [2.05, 4.69) is 22.2 Å². The maximum Gasteiger partial charge on any atom is 0.351 e. The number of nitrogens with two attached hydrogens (primary N) is 1. The smallest absolute Gasteiger partial charge is 0.351 e. The summed E-state index contributed by atoms with van der Waals surface area (Å²) in [5, 5.41) is 35.7. The summed E-state index contributed by atoms with van der Waals surface area (Å²) >= 11 is 0. The number of carboxylic acid groups (broad SMARTS) is 1.